The number of rotatable bonds is 14. The van der Waals surface area contributed by atoms with Crippen molar-refractivity contribution in [2.24, 2.45) is 0 Å². The summed E-state index contributed by atoms with van der Waals surface area (Å²) in [5.74, 6) is -0.681. The molecule has 0 aromatic heterocycles. The van der Waals surface area contributed by atoms with E-state index in [4.69, 9.17) is 14.6 Å². The van der Waals surface area contributed by atoms with Crippen LogP contribution in [0.25, 0.3) is 0 Å². The van der Waals surface area contributed by atoms with Crippen LogP contribution < -0.4 is 5.32 Å². The molecule has 0 rings (SSSR count). The maximum absolute atomic E-state index is 11.1. The molecule has 6 heteroatoms. The third-order valence-electron chi connectivity index (χ3n) is 2.60. The van der Waals surface area contributed by atoms with Crippen molar-refractivity contribution in [2.75, 3.05) is 33.0 Å². The molecule has 20 heavy (non-hydrogen) atoms. The summed E-state index contributed by atoms with van der Waals surface area (Å²) in [5, 5.41) is 11.2. The summed E-state index contributed by atoms with van der Waals surface area (Å²) in [6.07, 6.45) is 4.09. The normalized spacial score (nSPS) is 10.4. The Morgan fingerprint density at radius 3 is 2.30 bits per heavy atom. The van der Waals surface area contributed by atoms with Crippen LogP contribution in [0.5, 0.6) is 0 Å². The number of carbonyl (C=O) groups excluding carboxylic acids is 1. The lowest BCUT2D eigenvalue weighted by molar-refractivity contribution is -0.137. The number of aliphatic carboxylic acids is 1. The molecule has 0 aliphatic heterocycles. The fraction of sp³-hybridized carbons (Fsp3) is 0.857. The minimum Gasteiger partial charge on any atom is -0.481 e. The molecule has 0 heterocycles. The Balaban J connectivity index is 3.06. The first-order valence-electron chi connectivity index (χ1n) is 7.30. The SMILES string of the molecule is CCCC(=O)NCCOCCOCCCCCC(=O)O. The smallest absolute Gasteiger partial charge is 0.303 e. The number of carbonyl (C=O) groups is 2. The first-order chi connectivity index (χ1) is 9.66. The van der Waals surface area contributed by atoms with E-state index in [1.165, 1.54) is 0 Å². The number of ether oxygens (including phenoxy) is 2. The highest BCUT2D eigenvalue weighted by molar-refractivity contribution is 5.75. The van der Waals surface area contributed by atoms with E-state index in [9.17, 15) is 9.59 Å². The van der Waals surface area contributed by atoms with Gasteiger partial charge in [0, 0.05) is 26.0 Å². The highest BCUT2D eigenvalue weighted by Crippen LogP contribution is 1.99. The predicted octanol–water partition coefficient (Wildman–Crippen LogP) is 1.58. The van der Waals surface area contributed by atoms with Crippen LogP contribution in [0.1, 0.15) is 45.4 Å². The van der Waals surface area contributed by atoms with Crippen LogP contribution in [-0.4, -0.2) is 50.0 Å². The van der Waals surface area contributed by atoms with Crippen LogP contribution in [0.2, 0.25) is 0 Å². The Kier molecular flexibility index (Phi) is 13.5. The van der Waals surface area contributed by atoms with Gasteiger partial charge >= 0.3 is 5.97 Å². The zero-order valence-corrected chi connectivity index (χ0v) is 12.4. The van der Waals surface area contributed by atoms with Crippen molar-refractivity contribution in [1.82, 2.24) is 5.32 Å². The maximum Gasteiger partial charge on any atom is 0.303 e. The van der Waals surface area contributed by atoms with Crippen LogP contribution in [0, 0.1) is 0 Å². The molecule has 0 saturated heterocycles. The van der Waals surface area contributed by atoms with Gasteiger partial charge in [0.25, 0.3) is 0 Å². The lowest BCUT2D eigenvalue weighted by Crippen LogP contribution is -2.27. The second-order valence-electron chi connectivity index (χ2n) is 4.53. The molecule has 0 aliphatic carbocycles. The van der Waals surface area contributed by atoms with Crippen LogP contribution in [0.3, 0.4) is 0 Å². The fourth-order valence-electron chi connectivity index (χ4n) is 1.56. The molecule has 0 saturated carbocycles. The van der Waals surface area contributed by atoms with Gasteiger partial charge in [0.05, 0.1) is 19.8 Å². The molecule has 0 fully saturated rings. The molecule has 0 aromatic rings. The monoisotopic (exact) mass is 289 g/mol. The highest BCUT2D eigenvalue weighted by atomic mass is 16.5. The summed E-state index contributed by atoms with van der Waals surface area (Å²) in [5.41, 5.74) is 0. The Hall–Kier alpha value is -1.14. The molecule has 0 unspecified atom stereocenters. The number of carboxylic acids is 1. The van der Waals surface area contributed by atoms with Crippen molar-refractivity contribution in [3.8, 4) is 0 Å². The Morgan fingerprint density at radius 1 is 0.950 bits per heavy atom. The van der Waals surface area contributed by atoms with E-state index in [0.717, 1.165) is 19.3 Å². The van der Waals surface area contributed by atoms with Gasteiger partial charge in [0.2, 0.25) is 5.91 Å². The van der Waals surface area contributed by atoms with E-state index in [1.807, 2.05) is 6.92 Å². The molecule has 0 atom stereocenters. The summed E-state index contributed by atoms with van der Waals surface area (Å²) in [4.78, 5) is 21.4. The molecule has 0 aliphatic rings. The van der Waals surface area contributed by atoms with Crippen molar-refractivity contribution in [1.29, 1.82) is 0 Å². The number of hydrogen-bond acceptors (Lipinski definition) is 4. The van der Waals surface area contributed by atoms with Crippen molar-refractivity contribution in [3.63, 3.8) is 0 Å². The summed E-state index contributed by atoms with van der Waals surface area (Å²) in [6.45, 7) is 4.68. The van der Waals surface area contributed by atoms with Crippen LogP contribution in [0.15, 0.2) is 0 Å². The number of amides is 1. The average molecular weight is 289 g/mol. The first-order valence-corrected chi connectivity index (χ1v) is 7.30. The number of nitrogens with one attached hydrogen (secondary N) is 1. The second-order valence-corrected chi connectivity index (χ2v) is 4.53. The van der Waals surface area contributed by atoms with E-state index in [1.54, 1.807) is 0 Å². The number of unbranched alkanes of at least 4 members (excludes halogenated alkanes) is 2. The third kappa shape index (κ3) is 14.9. The largest absolute Gasteiger partial charge is 0.481 e. The van der Waals surface area contributed by atoms with Crippen molar-refractivity contribution >= 4 is 11.9 Å². The first kappa shape index (κ1) is 18.9. The molecule has 0 spiro atoms. The summed E-state index contributed by atoms with van der Waals surface area (Å²) >= 11 is 0. The van der Waals surface area contributed by atoms with Gasteiger partial charge in [-0.2, -0.15) is 0 Å². The van der Waals surface area contributed by atoms with Gasteiger partial charge in [0.15, 0.2) is 0 Å². The fourth-order valence-corrected chi connectivity index (χ4v) is 1.56. The maximum atomic E-state index is 11.1. The molecule has 0 radical (unpaired) electrons. The zero-order chi connectivity index (χ0) is 15.1. The summed E-state index contributed by atoms with van der Waals surface area (Å²) in [6, 6.07) is 0. The minimum atomic E-state index is -0.745. The second kappa shape index (κ2) is 14.3. The minimum absolute atomic E-state index is 0.0636. The lowest BCUT2D eigenvalue weighted by atomic mass is 10.2. The Morgan fingerprint density at radius 2 is 1.65 bits per heavy atom. The van der Waals surface area contributed by atoms with Gasteiger partial charge in [-0.1, -0.05) is 13.3 Å². The van der Waals surface area contributed by atoms with Crippen molar-refractivity contribution in [3.05, 3.63) is 0 Å². The predicted molar refractivity (Wildman–Crippen MR) is 75.7 cm³/mol. The quantitative estimate of drug-likeness (QED) is 0.474. The molecule has 2 N–H and O–H groups in total. The Bertz CT molecular complexity index is 258. The summed E-state index contributed by atoms with van der Waals surface area (Å²) < 4.78 is 10.7. The Labute approximate surface area is 120 Å². The van der Waals surface area contributed by atoms with Crippen LogP contribution >= 0.6 is 0 Å². The van der Waals surface area contributed by atoms with Crippen molar-refractivity contribution < 1.29 is 24.2 Å². The van der Waals surface area contributed by atoms with Gasteiger partial charge in [-0.3, -0.25) is 9.59 Å². The van der Waals surface area contributed by atoms with Gasteiger partial charge in [-0.15, -0.1) is 0 Å². The molecule has 118 valence electrons. The van der Waals surface area contributed by atoms with E-state index in [2.05, 4.69) is 5.32 Å². The molecule has 0 bridgehead atoms. The molecular formula is C14H27NO5. The summed E-state index contributed by atoms with van der Waals surface area (Å²) in [7, 11) is 0. The molecule has 0 aromatic carbocycles. The lowest BCUT2D eigenvalue weighted by Gasteiger charge is -2.07. The molecule has 6 nitrogen and oxygen atoms in total. The van der Waals surface area contributed by atoms with Crippen LogP contribution in [0.4, 0.5) is 0 Å². The highest BCUT2D eigenvalue weighted by Gasteiger charge is 1.98. The third-order valence-corrected chi connectivity index (χ3v) is 2.60. The van der Waals surface area contributed by atoms with E-state index in [-0.39, 0.29) is 12.3 Å². The van der Waals surface area contributed by atoms with Crippen LogP contribution in [-0.2, 0) is 19.1 Å². The van der Waals surface area contributed by atoms with Gasteiger partial charge in [-0.05, 0) is 19.3 Å². The molecular weight excluding hydrogens is 262 g/mol. The standard InChI is InChI=1S/C14H27NO5/c1-2-6-13(16)15-8-10-20-12-11-19-9-5-3-4-7-14(17)18/h2-12H2,1H3,(H,15,16)(H,17,18). The van der Waals surface area contributed by atoms with Gasteiger partial charge in [0.1, 0.15) is 0 Å². The van der Waals surface area contributed by atoms with Gasteiger partial charge in [-0.25, -0.2) is 0 Å². The molecule has 1 amide bonds. The van der Waals surface area contributed by atoms with E-state index < -0.39 is 5.97 Å². The van der Waals surface area contributed by atoms with E-state index in [0.29, 0.717) is 45.8 Å². The topological polar surface area (TPSA) is 84.9 Å². The van der Waals surface area contributed by atoms with Crippen molar-refractivity contribution in [2.45, 2.75) is 45.4 Å². The number of carboxylic acid groups (broad SMARTS) is 1. The van der Waals surface area contributed by atoms with Gasteiger partial charge < -0.3 is 19.9 Å². The van der Waals surface area contributed by atoms with E-state index >= 15 is 0 Å². The average Bonchev–Trinajstić information content (AvgIpc) is 2.40. The number of hydrogen-bond donors (Lipinski definition) is 2. The zero-order valence-electron chi connectivity index (χ0n) is 12.4.